The van der Waals surface area contributed by atoms with Gasteiger partial charge < -0.3 is 19.9 Å². The fourth-order valence-electron chi connectivity index (χ4n) is 3.62. The Balaban J connectivity index is 1.77. The summed E-state index contributed by atoms with van der Waals surface area (Å²) in [5.41, 5.74) is 9.43. The number of nitrogens with zero attached hydrogens (tertiary/aromatic N) is 4. The van der Waals surface area contributed by atoms with Crippen molar-refractivity contribution < 1.29 is 9.13 Å². The van der Waals surface area contributed by atoms with Crippen molar-refractivity contribution in [2.24, 2.45) is 5.73 Å². The average molecular weight is 379 g/mol. The number of anilines is 1. The highest BCUT2D eigenvalue weighted by molar-refractivity contribution is 5.80. The molecule has 7 heteroatoms. The smallest absolute Gasteiger partial charge is 0.206 e. The Morgan fingerprint density at radius 1 is 1.29 bits per heavy atom. The normalized spacial score (nSPS) is 19.6. The standard InChI is InChI=1S/C21H22FN5O/c1-28-16-6-7-19-20(10-16)27(12-15-4-2-14(11-23)3-5-15)21(25-19)26-9-8-17(22)18(24)13-26/h2-7,10,17-18H,8-9,12-13,24H2,1H3/t17-,18+/m0/s1. The number of nitriles is 1. The minimum absolute atomic E-state index is 0.393. The highest BCUT2D eigenvalue weighted by atomic mass is 19.1. The van der Waals surface area contributed by atoms with E-state index in [9.17, 15) is 4.39 Å². The maximum atomic E-state index is 13.9. The molecule has 3 aromatic rings. The summed E-state index contributed by atoms with van der Waals surface area (Å²) >= 11 is 0. The maximum absolute atomic E-state index is 13.9. The summed E-state index contributed by atoms with van der Waals surface area (Å²) in [5, 5.41) is 9.02. The third kappa shape index (κ3) is 3.39. The van der Waals surface area contributed by atoms with E-state index in [0.29, 0.717) is 31.6 Å². The fraction of sp³-hybridized carbons (Fsp3) is 0.333. The van der Waals surface area contributed by atoms with Crippen LogP contribution in [-0.4, -0.2) is 42.0 Å². The lowest BCUT2D eigenvalue weighted by atomic mass is 10.1. The number of alkyl halides is 1. The molecular weight excluding hydrogens is 357 g/mol. The van der Waals surface area contributed by atoms with Crippen LogP contribution in [0, 0.1) is 11.3 Å². The van der Waals surface area contributed by atoms with Crippen molar-refractivity contribution >= 4 is 17.0 Å². The van der Waals surface area contributed by atoms with Crippen molar-refractivity contribution in [3.8, 4) is 11.8 Å². The zero-order valence-electron chi connectivity index (χ0n) is 15.7. The quantitative estimate of drug-likeness (QED) is 0.754. The molecule has 1 saturated heterocycles. The predicted molar refractivity (Wildman–Crippen MR) is 106 cm³/mol. The molecule has 0 unspecified atom stereocenters. The van der Waals surface area contributed by atoms with Crippen LogP contribution < -0.4 is 15.4 Å². The number of benzene rings is 2. The van der Waals surface area contributed by atoms with E-state index in [-0.39, 0.29) is 0 Å². The molecule has 2 heterocycles. The average Bonchev–Trinajstić information content (AvgIpc) is 3.08. The molecule has 144 valence electrons. The number of hydrogen-bond donors (Lipinski definition) is 1. The van der Waals surface area contributed by atoms with Crippen LogP contribution in [0.5, 0.6) is 5.75 Å². The minimum Gasteiger partial charge on any atom is -0.497 e. The maximum Gasteiger partial charge on any atom is 0.206 e. The van der Waals surface area contributed by atoms with Gasteiger partial charge in [0.1, 0.15) is 11.9 Å². The van der Waals surface area contributed by atoms with Crippen molar-refractivity contribution in [1.82, 2.24) is 9.55 Å². The molecule has 1 aromatic heterocycles. The number of halogens is 1. The Morgan fingerprint density at radius 3 is 2.75 bits per heavy atom. The summed E-state index contributed by atoms with van der Waals surface area (Å²) in [7, 11) is 1.63. The van der Waals surface area contributed by atoms with Gasteiger partial charge in [-0.25, -0.2) is 9.37 Å². The SMILES string of the molecule is COc1ccc2nc(N3CC[C@H](F)[C@H](N)C3)n(Cc3ccc(C#N)cc3)c2c1. The summed E-state index contributed by atoms with van der Waals surface area (Å²) in [5.74, 6) is 1.52. The summed E-state index contributed by atoms with van der Waals surface area (Å²) in [4.78, 5) is 6.86. The number of imidazole rings is 1. The molecule has 0 radical (unpaired) electrons. The van der Waals surface area contributed by atoms with E-state index in [4.69, 9.17) is 20.7 Å². The van der Waals surface area contributed by atoms with Crippen LogP contribution in [0.4, 0.5) is 10.3 Å². The molecule has 1 fully saturated rings. The molecule has 0 spiro atoms. The third-order valence-electron chi connectivity index (χ3n) is 5.21. The second kappa shape index (κ2) is 7.49. The Morgan fingerprint density at radius 2 is 2.07 bits per heavy atom. The topological polar surface area (TPSA) is 80.1 Å². The summed E-state index contributed by atoms with van der Waals surface area (Å²) in [6.07, 6.45) is -0.586. The van der Waals surface area contributed by atoms with Crippen LogP contribution >= 0.6 is 0 Å². The highest BCUT2D eigenvalue weighted by Gasteiger charge is 2.29. The monoisotopic (exact) mass is 379 g/mol. The highest BCUT2D eigenvalue weighted by Crippen LogP contribution is 2.29. The first-order valence-electron chi connectivity index (χ1n) is 9.27. The van der Waals surface area contributed by atoms with Crippen molar-refractivity contribution in [1.29, 1.82) is 5.26 Å². The number of aromatic nitrogens is 2. The summed E-state index contributed by atoms with van der Waals surface area (Å²) in [6, 6.07) is 14.9. The van der Waals surface area contributed by atoms with Gasteiger partial charge >= 0.3 is 0 Å². The minimum atomic E-state index is -0.979. The fourth-order valence-corrected chi connectivity index (χ4v) is 3.62. The Bertz CT molecular complexity index is 1020. The van der Waals surface area contributed by atoms with Crippen LogP contribution in [0.3, 0.4) is 0 Å². The first kappa shape index (κ1) is 18.3. The molecule has 28 heavy (non-hydrogen) atoms. The molecule has 2 atom stereocenters. The number of hydrogen-bond acceptors (Lipinski definition) is 5. The number of fused-ring (bicyclic) bond motifs is 1. The predicted octanol–water partition coefficient (Wildman–Crippen LogP) is 2.84. The second-order valence-electron chi connectivity index (χ2n) is 7.08. The molecule has 2 aromatic carbocycles. The second-order valence-corrected chi connectivity index (χ2v) is 7.08. The van der Waals surface area contributed by atoms with Crippen molar-refractivity contribution in [2.75, 3.05) is 25.1 Å². The zero-order valence-corrected chi connectivity index (χ0v) is 15.7. The third-order valence-corrected chi connectivity index (χ3v) is 5.21. The van der Waals surface area contributed by atoms with E-state index in [1.54, 1.807) is 19.2 Å². The van der Waals surface area contributed by atoms with Crippen molar-refractivity contribution in [2.45, 2.75) is 25.2 Å². The van der Waals surface area contributed by atoms with Gasteiger partial charge in [0.2, 0.25) is 5.95 Å². The van der Waals surface area contributed by atoms with Crippen molar-refractivity contribution in [3.05, 3.63) is 53.6 Å². The lowest BCUT2D eigenvalue weighted by molar-refractivity contribution is 0.243. The van der Waals surface area contributed by atoms with Gasteiger partial charge in [0.25, 0.3) is 0 Å². The van der Waals surface area contributed by atoms with E-state index >= 15 is 0 Å². The van der Waals surface area contributed by atoms with Gasteiger partial charge in [0.15, 0.2) is 0 Å². The van der Waals surface area contributed by atoms with Gasteiger partial charge in [0, 0.05) is 19.2 Å². The number of nitrogens with two attached hydrogens (primary N) is 1. The first-order chi connectivity index (χ1) is 13.6. The molecule has 0 bridgehead atoms. The van der Waals surface area contributed by atoms with Crippen LogP contribution in [-0.2, 0) is 6.54 Å². The van der Waals surface area contributed by atoms with Gasteiger partial charge in [-0.15, -0.1) is 0 Å². The Hall–Kier alpha value is -3.11. The molecular formula is C21H22FN5O. The van der Waals surface area contributed by atoms with Crippen LogP contribution in [0.25, 0.3) is 11.0 Å². The van der Waals surface area contributed by atoms with Crippen LogP contribution in [0.2, 0.25) is 0 Å². The lowest BCUT2D eigenvalue weighted by Crippen LogP contribution is -2.50. The lowest BCUT2D eigenvalue weighted by Gasteiger charge is -2.34. The molecule has 0 saturated carbocycles. The number of methoxy groups -OCH3 is 1. The molecule has 0 amide bonds. The molecule has 1 aliphatic rings. The zero-order chi connectivity index (χ0) is 19.7. The van der Waals surface area contributed by atoms with Crippen LogP contribution in [0.15, 0.2) is 42.5 Å². The summed E-state index contributed by atoms with van der Waals surface area (Å²) in [6.45, 7) is 1.58. The summed E-state index contributed by atoms with van der Waals surface area (Å²) < 4.78 is 21.4. The van der Waals surface area contributed by atoms with Gasteiger partial charge in [-0.3, -0.25) is 0 Å². The van der Waals surface area contributed by atoms with Gasteiger partial charge in [-0.05, 0) is 36.2 Å². The Labute approximate surface area is 162 Å². The number of ether oxygens (including phenoxy) is 1. The van der Waals surface area contributed by atoms with E-state index in [2.05, 4.69) is 15.5 Å². The molecule has 1 aliphatic heterocycles. The van der Waals surface area contributed by atoms with E-state index in [1.165, 1.54) is 0 Å². The van der Waals surface area contributed by atoms with Crippen LogP contribution in [0.1, 0.15) is 17.5 Å². The van der Waals surface area contributed by atoms with Gasteiger partial charge in [0.05, 0.1) is 42.4 Å². The van der Waals surface area contributed by atoms with E-state index in [1.807, 2.05) is 30.3 Å². The van der Waals surface area contributed by atoms with E-state index in [0.717, 1.165) is 28.3 Å². The first-order valence-corrected chi connectivity index (χ1v) is 9.27. The van der Waals surface area contributed by atoms with Gasteiger partial charge in [-0.1, -0.05) is 12.1 Å². The number of rotatable bonds is 4. The molecule has 6 nitrogen and oxygen atoms in total. The Kier molecular flexibility index (Phi) is 4.88. The molecule has 4 rings (SSSR count). The van der Waals surface area contributed by atoms with Gasteiger partial charge in [-0.2, -0.15) is 5.26 Å². The molecule has 2 N–H and O–H groups in total. The molecule has 0 aliphatic carbocycles. The largest absolute Gasteiger partial charge is 0.497 e. The number of piperidine rings is 1. The van der Waals surface area contributed by atoms with Crippen molar-refractivity contribution in [3.63, 3.8) is 0 Å². The van der Waals surface area contributed by atoms with E-state index < -0.39 is 12.2 Å².